The van der Waals surface area contributed by atoms with Crippen LogP contribution in [0.4, 0.5) is 0 Å². The van der Waals surface area contributed by atoms with Crippen LogP contribution in [-0.2, 0) is 0 Å². The van der Waals surface area contributed by atoms with Crippen molar-refractivity contribution in [2.75, 3.05) is 5.33 Å². The second-order valence-corrected chi connectivity index (χ2v) is 4.58. The van der Waals surface area contributed by atoms with Crippen LogP contribution >= 0.6 is 15.9 Å². The largest absolute Gasteiger partial charge is 0.472 e. The highest BCUT2D eigenvalue weighted by molar-refractivity contribution is 9.09. The summed E-state index contributed by atoms with van der Waals surface area (Å²) in [4.78, 5) is 11.7. The van der Waals surface area contributed by atoms with Crippen LogP contribution < -0.4 is 5.32 Å². The van der Waals surface area contributed by atoms with Crippen LogP contribution in [0, 0.1) is 5.92 Å². The van der Waals surface area contributed by atoms with Crippen molar-refractivity contribution in [3.05, 3.63) is 24.2 Å². The molecular weight excluding hydrogens is 258 g/mol. The van der Waals surface area contributed by atoms with Gasteiger partial charge in [0.2, 0.25) is 0 Å². The zero-order valence-corrected chi connectivity index (χ0v) is 10.00. The van der Waals surface area contributed by atoms with Crippen molar-refractivity contribution in [2.45, 2.75) is 25.3 Å². The number of carbonyl (C=O) groups excluding carboxylic acids is 1. The summed E-state index contributed by atoms with van der Waals surface area (Å²) in [5.74, 6) is 0.544. The van der Waals surface area contributed by atoms with Crippen LogP contribution in [0.3, 0.4) is 0 Å². The van der Waals surface area contributed by atoms with Crippen LogP contribution in [0.15, 0.2) is 23.0 Å². The van der Waals surface area contributed by atoms with Crippen LogP contribution in [0.5, 0.6) is 0 Å². The van der Waals surface area contributed by atoms with Gasteiger partial charge in [-0.2, -0.15) is 0 Å². The fraction of sp³-hybridized carbons (Fsp3) is 0.545. The Morgan fingerprint density at radius 3 is 3.13 bits per heavy atom. The molecule has 0 radical (unpaired) electrons. The number of furan rings is 1. The Morgan fingerprint density at radius 2 is 2.47 bits per heavy atom. The molecule has 2 rings (SSSR count). The topological polar surface area (TPSA) is 42.2 Å². The maximum absolute atomic E-state index is 11.7. The van der Waals surface area contributed by atoms with Crippen LogP contribution in [-0.4, -0.2) is 17.3 Å². The molecule has 0 aliphatic heterocycles. The molecule has 82 valence electrons. The first-order chi connectivity index (χ1) is 7.31. The molecule has 1 heterocycles. The first-order valence-corrected chi connectivity index (χ1v) is 6.32. The fourth-order valence-corrected chi connectivity index (χ4v) is 2.83. The molecule has 1 fully saturated rings. The zero-order valence-electron chi connectivity index (χ0n) is 8.41. The normalized spacial score (nSPS) is 25.4. The summed E-state index contributed by atoms with van der Waals surface area (Å²) >= 11 is 3.49. The van der Waals surface area contributed by atoms with E-state index in [-0.39, 0.29) is 5.91 Å². The quantitative estimate of drug-likeness (QED) is 0.859. The Labute approximate surface area is 97.4 Å². The number of hydrogen-bond donors (Lipinski definition) is 1. The van der Waals surface area contributed by atoms with E-state index in [0.717, 1.165) is 11.8 Å². The molecule has 3 nitrogen and oxygen atoms in total. The summed E-state index contributed by atoms with van der Waals surface area (Å²) < 4.78 is 4.88. The number of rotatable bonds is 3. The number of nitrogens with one attached hydrogen (secondary N) is 1. The molecular formula is C11H14BrNO2. The maximum atomic E-state index is 11.7. The van der Waals surface area contributed by atoms with E-state index < -0.39 is 0 Å². The molecule has 1 saturated carbocycles. The summed E-state index contributed by atoms with van der Waals surface area (Å²) in [6.45, 7) is 0. The summed E-state index contributed by atoms with van der Waals surface area (Å²) in [6.07, 6.45) is 6.48. The molecule has 0 aromatic carbocycles. The predicted molar refractivity (Wildman–Crippen MR) is 61.1 cm³/mol. The van der Waals surface area contributed by atoms with Gasteiger partial charge in [0.25, 0.3) is 5.91 Å². The van der Waals surface area contributed by atoms with E-state index in [2.05, 4.69) is 21.2 Å². The van der Waals surface area contributed by atoms with Gasteiger partial charge in [0.1, 0.15) is 6.26 Å². The average molecular weight is 272 g/mol. The first-order valence-electron chi connectivity index (χ1n) is 5.20. The highest BCUT2D eigenvalue weighted by Gasteiger charge is 2.27. The minimum atomic E-state index is -0.0263. The second kappa shape index (κ2) is 4.84. The highest BCUT2D eigenvalue weighted by atomic mass is 79.9. The SMILES string of the molecule is O=C(NC1CCCC1CBr)c1ccoc1. The third-order valence-corrected chi connectivity index (χ3v) is 3.79. The Bertz CT molecular complexity index is 323. The Hall–Kier alpha value is -0.770. The molecule has 1 aliphatic carbocycles. The van der Waals surface area contributed by atoms with Crippen molar-refractivity contribution in [1.29, 1.82) is 0 Å². The van der Waals surface area contributed by atoms with Gasteiger partial charge < -0.3 is 9.73 Å². The molecule has 4 heteroatoms. The molecule has 0 bridgehead atoms. The molecule has 0 spiro atoms. The van der Waals surface area contributed by atoms with Gasteiger partial charge in [-0.25, -0.2) is 0 Å². The van der Waals surface area contributed by atoms with E-state index in [1.165, 1.54) is 25.4 Å². The lowest BCUT2D eigenvalue weighted by molar-refractivity contribution is 0.0929. The van der Waals surface area contributed by atoms with Gasteiger partial charge >= 0.3 is 0 Å². The van der Waals surface area contributed by atoms with Gasteiger partial charge in [0.15, 0.2) is 0 Å². The Kier molecular flexibility index (Phi) is 3.46. The third kappa shape index (κ3) is 2.43. The monoisotopic (exact) mass is 271 g/mol. The van der Waals surface area contributed by atoms with E-state index in [4.69, 9.17) is 4.42 Å². The van der Waals surface area contributed by atoms with E-state index in [1.807, 2.05) is 0 Å². The lowest BCUT2D eigenvalue weighted by Crippen LogP contribution is -2.37. The molecule has 1 amide bonds. The van der Waals surface area contributed by atoms with E-state index in [9.17, 15) is 4.79 Å². The average Bonchev–Trinajstić information content (AvgIpc) is 2.87. The van der Waals surface area contributed by atoms with Gasteiger partial charge in [-0.1, -0.05) is 22.4 Å². The smallest absolute Gasteiger partial charge is 0.254 e. The lowest BCUT2D eigenvalue weighted by atomic mass is 10.1. The number of amides is 1. The highest BCUT2D eigenvalue weighted by Crippen LogP contribution is 2.27. The standard InChI is InChI=1S/C11H14BrNO2/c12-6-8-2-1-3-10(8)13-11(14)9-4-5-15-7-9/h4-5,7-8,10H,1-3,6H2,(H,13,14). The molecule has 1 aliphatic rings. The molecule has 2 unspecified atom stereocenters. The van der Waals surface area contributed by atoms with Gasteiger partial charge in [-0.3, -0.25) is 4.79 Å². The number of alkyl halides is 1. The van der Waals surface area contributed by atoms with Gasteiger partial charge in [-0.15, -0.1) is 0 Å². The van der Waals surface area contributed by atoms with Crippen molar-refractivity contribution in [2.24, 2.45) is 5.92 Å². The Morgan fingerprint density at radius 1 is 1.60 bits per heavy atom. The molecule has 1 aromatic heterocycles. The summed E-state index contributed by atoms with van der Waals surface area (Å²) in [5.41, 5.74) is 0.607. The Balaban J connectivity index is 1.94. The van der Waals surface area contributed by atoms with E-state index in [1.54, 1.807) is 6.07 Å². The number of hydrogen-bond acceptors (Lipinski definition) is 2. The van der Waals surface area contributed by atoms with Gasteiger partial charge in [0.05, 0.1) is 11.8 Å². The van der Waals surface area contributed by atoms with Crippen molar-refractivity contribution in [1.82, 2.24) is 5.32 Å². The van der Waals surface area contributed by atoms with E-state index >= 15 is 0 Å². The lowest BCUT2D eigenvalue weighted by Gasteiger charge is -2.18. The third-order valence-electron chi connectivity index (χ3n) is 2.96. The molecule has 0 saturated heterocycles. The van der Waals surface area contributed by atoms with Crippen LogP contribution in [0.2, 0.25) is 0 Å². The van der Waals surface area contributed by atoms with Crippen LogP contribution in [0.1, 0.15) is 29.6 Å². The fourth-order valence-electron chi connectivity index (χ4n) is 2.06. The molecule has 2 atom stereocenters. The van der Waals surface area contributed by atoms with Crippen LogP contribution in [0.25, 0.3) is 0 Å². The van der Waals surface area contributed by atoms with Gasteiger partial charge in [0, 0.05) is 11.4 Å². The van der Waals surface area contributed by atoms with E-state index in [0.29, 0.717) is 17.5 Å². The number of halogens is 1. The minimum absolute atomic E-state index is 0.0263. The summed E-state index contributed by atoms with van der Waals surface area (Å²) in [6, 6.07) is 2.00. The van der Waals surface area contributed by atoms with Crippen molar-refractivity contribution in [3.63, 3.8) is 0 Å². The van der Waals surface area contributed by atoms with Crippen molar-refractivity contribution < 1.29 is 9.21 Å². The molecule has 1 N–H and O–H groups in total. The minimum Gasteiger partial charge on any atom is -0.472 e. The molecule has 15 heavy (non-hydrogen) atoms. The maximum Gasteiger partial charge on any atom is 0.254 e. The first kappa shape index (κ1) is 10.7. The van der Waals surface area contributed by atoms with Gasteiger partial charge in [-0.05, 0) is 24.8 Å². The summed E-state index contributed by atoms with van der Waals surface area (Å²) in [7, 11) is 0. The predicted octanol–water partition coefficient (Wildman–Crippen LogP) is 2.57. The molecule has 1 aromatic rings. The van der Waals surface area contributed by atoms with Crippen molar-refractivity contribution >= 4 is 21.8 Å². The number of carbonyl (C=O) groups is 1. The zero-order chi connectivity index (χ0) is 10.7. The van der Waals surface area contributed by atoms with Crippen molar-refractivity contribution in [3.8, 4) is 0 Å². The summed E-state index contributed by atoms with van der Waals surface area (Å²) in [5, 5.41) is 4.01. The second-order valence-electron chi connectivity index (χ2n) is 3.94.